The lowest BCUT2D eigenvalue weighted by atomic mass is 10.8. The fourth-order valence-electron chi connectivity index (χ4n) is 0.794. The van der Waals surface area contributed by atoms with Crippen LogP contribution >= 0.6 is 22.9 Å². The SMILES string of the molecule is CNC(=O)N(C)c1nc(Cl)c([N+](=O)[O-])s1. The highest BCUT2D eigenvalue weighted by Gasteiger charge is 2.23. The number of anilines is 1. The van der Waals surface area contributed by atoms with Gasteiger partial charge in [0.2, 0.25) is 10.3 Å². The maximum atomic E-state index is 11.2. The van der Waals surface area contributed by atoms with Gasteiger partial charge in [-0.15, -0.1) is 0 Å². The monoisotopic (exact) mass is 250 g/mol. The van der Waals surface area contributed by atoms with Crippen LogP contribution in [0, 0.1) is 10.1 Å². The summed E-state index contributed by atoms with van der Waals surface area (Å²) in [7, 11) is 2.89. The fourth-order valence-corrected chi connectivity index (χ4v) is 1.84. The molecule has 0 spiro atoms. The Morgan fingerprint density at radius 2 is 2.33 bits per heavy atom. The van der Waals surface area contributed by atoms with Crippen molar-refractivity contribution in [2.45, 2.75) is 0 Å². The molecule has 2 amide bonds. The van der Waals surface area contributed by atoms with Gasteiger partial charge in [-0.05, 0) is 11.3 Å². The molecule has 0 aromatic carbocycles. The molecule has 0 aliphatic heterocycles. The van der Waals surface area contributed by atoms with Crippen molar-refractivity contribution in [2.75, 3.05) is 19.0 Å². The van der Waals surface area contributed by atoms with Crippen molar-refractivity contribution in [1.29, 1.82) is 0 Å². The number of aromatic nitrogens is 1. The van der Waals surface area contributed by atoms with E-state index in [1.807, 2.05) is 0 Å². The Morgan fingerprint density at radius 1 is 1.73 bits per heavy atom. The van der Waals surface area contributed by atoms with Gasteiger partial charge in [-0.2, -0.15) is 0 Å². The molecule has 0 fully saturated rings. The lowest BCUT2D eigenvalue weighted by molar-refractivity contribution is -0.380. The maximum Gasteiger partial charge on any atom is 0.364 e. The molecule has 1 N–H and O–H groups in total. The second-order valence-electron chi connectivity index (χ2n) is 2.46. The van der Waals surface area contributed by atoms with E-state index in [1.165, 1.54) is 14.1 Å². The van der Waals surface area contributed by atoms with Crippen molar-refractivity contribution in [3.63, 3.8) is 0 Å². The Hall–Kier alpha value is -1.41. The Labute approximate surface area is 93.8 Å². The zero-order valence-electron chi connectivity index (χ0n) is 7.85. The highest BCUT2D eigenvalue weighted by molar-refractivity contribution is 7.19. The molecule has 0 aliphatic carbocycles. The zero-order chi connectivity index (χ0) is 11.6. The lowest BCUT2D eigenvalue weighted by Gasteiger charge is -2.11. The molecule has 1 aromatic rings. The van der Waals surface area contributed by atoms with E-state index in [0.717, 1.165) is 16.2 Å². The van der Waals surface area contributed by atoms with Crippen molar-refractivity contribution in [3.05, 3.63) is 15.3 Å². The third kappa shape index (κ3) is 2.34. The number of nitro groups is 1. The number of urea groups is 1. The van der Waals surface area contributed by atoms with Crippen LogP contribution in [0.15, 0.2) is 0 Å². The van der Waals surface area contributed by atoms with E-state index in [9.17, 15) is 14.9 Å². The number of carbonyl (C=O) groups is 1. The van der Waals surface area contributed by atoms with E-state index in [4.69, 9.17) is 11.6 Å². The molecular weight excluding hydrogens is 244 g/mol. The highest BCUT2D eigenvalue weighted by Crippen LogP contribution is 2.35. The van der Waals surface area contributed by atoms with Gasteiger partial charge in [0.25, 0.3) is 0 Å². The molecule has 82 valence electrons. The Kier molecular flexibility index (Phi) is 3.43. The summed E-state index contributed by atoms with van der Waals surface area (Å²) in [5.41, 5.74) is 0. The molecule has 7 nitrogen and oxygen atoms in total. The summed E-state index contributed by atoms with van der Waals surface area (Å²) in [6, 6.07) is -0.421. The second-order valence-corrected chi connectivity index (χ2v) is 3.78. The third-order valence-electron chi connectivity index (χ3n) is 1.53. The first-order valence-electron chi connectivity index (χ1n) is 3.73. The summed E-state index contributed by atoms with van der Waals surface area (Å²) in [6.45, 7) is 0. The number of nitrogens with zero attached hydrogens (tertiary/aromatic N) is 3. The lowest BCUT2D eigenvalue weighted by Crippen LogP contribution is -2.34. The second kappa shape index (κ2) is 4.41. The minimum Gasteiger partial charge on any atom is -0.341 e. The molecule has 0 unspecified atom stereocenters. The smallest absolute Gasteiger partial charge is 0.341 e. The van der Waals surface area contributed by atoms with Crippen LogP contribution in [-0.4, -0.2) is 30.0 Å². The van der Waals surface area contributed by atoms with Crippen LogP contribution in [-0.2, 0) is 0 Å². The van der Waals surface area contributed by atoms with Gasteiger partial charge in [-0.1, -0.05) is 11.6 Å². The number of rotatable bonds is 2. The number of amides is 2. The summed E-state index contributed by atoms with van der Waals surface area (Å²) < 4.78 is 0. The minimum absolute atomic E-state index is 0.172. The highest BCUT2D eigenvalue weighted by atomic mass is 35.5. The summed E-state index contributed by atoms with van der Waals surface area (Å²) >= 11 is 6.27. The molecule has 0 radical (unpaired) electrons. The predicted molar refractivity (Wildman–Crippen MR) is 56.6 cm³/mol. The van der Waals surface area contributed by atoms with Crippen LogP contribution in [0.25, 0.3) is 0 Å². The number of hydrogen-bond acceptors (Lipinski definition) is 5. The molecule has 0 saturated heterocycles. The van der Waals surface area contributed by atoms with Crippen LogP contribution in [0.1, 0.15) is 0 Å². The van der Waals surface area contributed by atoms with E-state index in [1.54, 1.807) is 0 Å². The topological polar surface area (TPSA) is 88.4 Å². The van der Waals surface area contributed by atoms with Gasteiger partial charge in [-0.25, -0.2) is 9.78 Å². The normalized spacial score (nSPS) is 9.80. The average molecular weight is 251 g/mol. The van der Waals surface area contributed by atoms with Gasteiger partial charge < -0.3 is 5.32 Å². The Bertz CT molecular complexity index is 407. The summed E-state index contributed by atoms with van der Waals surface area (Å²) in [4.78, 5) is 25.9. The van der Waals surface area contributed by atoms with Crippen molar-refractivity contribution < 1.29 is 9.72 Å². The van der Waals surface area contributed by atoms with Crippen LogP contribution in [0.4, 0.5) is 14.9 Å². The van der Waals surface area contributed by atoms with Crippen LogP contribution in [0.5, 0.6) is 0 Å². The molecule has 1 rings (SSSR count). The van der Waals surface area contributed by atoms with E-state index >= 15 is 0 Å². The van der Waals surface area contributed by atoms with E-state index < -0.39 is 11.0 Å². The van der Waals surface area contributed by atoms with E-state index in [0.29, 0.717) is 0 Å². The van der Waals surface area contributed by atoms with Crippen molar-refractivity contribution in [2.24, 2.45) is 0 Å². The molecule has 15 heavy (non-hydrogen) atoms. The Morgan fingerprint density at radius 3 is 2.73 bits per heavy atom. The fraction of sp³-hybridized carbons (Fsp3) is 0.333. The van der Waals surface area contributed by atoms with Crippen LogP contribution < -0.4 is 10.2 Å². The first-order chi connectivity index (χ1) is 6.97. The molecule has 1 heterocycles. The average Bonchev–Trinajstić information content (AvgIpc) is 2.58. The Balaban J connectivity index is 3.02. The predicted octanol–water partition coefficient (Wildman–Crippen LogP) is 1.48. The molecule has 0 bridgehead atoms. The molecule has 9 heteroatoms. The first kappa shape index (κ1) is 11.7. The van der Waals surface area contributed by atoms with Gasteiger partial charge in [0.05, 0.1) is 4.92 Å². The first-order valence-corrected chi connectivity index (χ1v) is 4.93. The summed E-state index contributed by atoms with van der Waals surface area (Å²) in [6.07, 6.45) is 0. The quantitative estimate of drug-likeness (QED) is 0.636. The molecule has 0 aliphatic rings. The van der Waals surface area contributed by atoms with Crippen molar-refractivity contribution in [3.8, 4) is 0 Å². The van der Waals surface area contributed by atoms with Gasteiger partial charge >= 0.3 is 11.0 Å². The largest absolute Gasteiger partial charge is 0.364 e. The van der Waals surface area contributed by atoms with Gasteiger partial charge in [0, 0.05) is 14.1 Å². The molecule has 1 aromatic heterocycles. The van der Waals surface area contributed by atoms with E-state index in [2.05, 4.69) is 10.3 Å². The van der Waals surface area contributed by atoms with Gasteiger partial charge in [-0.3, -0.25) is 15.0 Å². The van der Waals surface area contributed by atoms with Crippen molar-refractivity contribution >= 4 is 39.1 Å². The van der Waals surface area contributed by atoms with Crippen LogP contribution in [0.2, 0.25) is 5.15 Å². The third-order valence-corrected chi connectivity index (χ3v) is 2.99. The number of hydrogen-bond donors (Lipinski definition) is 1. The molecule has 0 saturated carbocycles. The van der Waals surface area contributed by atoms with Gasteiger partial charge in [0.1, 0.15) is 0 Å². The summed E-state index contributed by atoms with van der Waals surface area (Å²) in [5.74, 6) is 0. The molecule has 0 atom stereocenters. The number of halogens is 1. The number of carbonyl (C=O) groups excluding carboxylic acids is 1. The zero-order valence-corrected chi connectivity index (χ0v) is 9.43. The number of thiazole rings is 1. The standard InChI is InChI=1S/C6H7ClN4O3S/c1-8-5(12)10(2)6-9-3(7)4(15-6)11(13)14/h1-2H3,(H,8,12). The van der Waals surface area contributed by atoms with Crippen molar-refractivity contribution in [1.82, 2.24) is 10.3 Å². The molecular formula is C6H7ClN4O3S. The number of nitrogens with one attached hydrogen (secondary N) is 1. The summed E-state index contributed by atoms with van der Waals surface area (Å²) in [5, 5.41) is 12.5. The van der Waals surface area contributed by atoms with Crippen LogP contribution in [0.3, 0.4) is 0 Å². The van der Waals surface area contributed by atoms with E-state index in [-0.39, 0.29) is 15.3 Å². The maximum absolute atomic E-state index is 11.2. The van der Waals surface area contributed by atoms with Gasteiger partial charge in [0.15, 0.2) is 0 Å². The minimum atomic E-state index is -0.638.